The minimum atomic E-state index is -0.605. The molecule has 3 amide bonds. The highest BCUT2D eigenvalue weighted by Crippen LogP contribution is 2.23. The lowest BCUT2D eigenvalue weighted by atomic mass is 10.1. The zero-order valence-corrected chi connectivity index (χ0v) is 11.8. The number of benzene rings is 1. The lowest BCUT2D eigenvalue weighted by Gasteiger charge is -2.13. The van der Waals surface area contributed by atoms with Crippen LogP contribution < -0.4 is 10.6 Å². The van der Waals surface area contributed by atoms with Crippen LogP contribution in [0.1, 0.15) is 16.8 Å². The molecule has 1 aliphatic rings. The first-order valence-electron chi connectivity index (χ1n) is 6.02. The summed E-state index contributed by atoms with van der Waals surface area (Å²) >= 11 is 5.94. The van der Waals surface area contributed by atoms with Gasteiger partial charge in [0.15, 0.2) is 0 Å². The van der Waals surface area contributed by atoms with Crippen molar-refractivity contribution in [2.45, 2.75) is 12.5 Å². The van der Waals surface area contributed by atoms with Gasteiger partial charge in [0.25, 0.3) is 11.8 Å². The summed E-state index contributed by atoms with van der Waals surface area (Å²) in [7, 11) is 2.96. The highest BCUT2D eigenvalue weighted by Gasteiger charge is 2.35. The number of halogens is 1. The van der Waals surface area contributed by atoms with E-state index in [9.17, 15) is 14.4 Å². The zero-order chi connectivity index (χ0) is 14.9. The van der Waals surface area contributed by atoms with Gasteiger partial charge in [0.2, 0.25) is 5.91 Å². The van der Waals surface area contributed by atoms with Crippen molar-refractivity contribution < 1.29 is 14.4 Å². The molecular weight excluding hydrogens is 282 g/mol. The Kier molecular flexibility index (Phi) is 3.94. The number of hydrogen-bond acceptors (Lipinski definition) is 4. The molecular formula is C13H14ClN3O3. The molecule has 2 rings (SSSR count). The fraction of sp³-hybridized carbons (Fsp3) is 0.308. The second-order valence-corrected chi connectivity index (χ2v) is 4.87. The number of nitrogens with one attached hydrogen (secondary N) is 2. The van der Waals surface area contributed by atoms with Gasteiger partial charge in [0.1, 0.15) is 6.04 Å². The van der Waals surface area contributed by atoms with Crippen molar-refractivity contribution in [3.63, 3.8) is 0 Å². The molecule has 1 atom stereocenters. The van der Waals surface area contributed by atoms with E-state index in [0.717, 1.165) is 4.90 Å². The van der Waals surface area contributed by atoms with Crippen molar-refractivity contribution in [3.05, 3.63) is 28.8 Å². The summed E-state index contributed by atoms with van der Waals surface area (Å²) in [4.78, 5) is 36.0. The Labute approximate surface area is 121 Å². The average Bonchev–Trinajstić information content (AvgIpc) is 2.67. The third kappa shape index (κ3) is 2.60. The largest absolute Gasteiger partial charge is 0.373 e. The molecule has 0 bridgehead atoms. The fourth-order valence-electron chi connectivity index (χ4n) is 1.99. The Morgan fingerprint density at radius 2 is 2.10 bits per heavy atom. The maximum absolute atomic E-state index is 11.8. The van der Waals surface area contributed by atoms with Crippen molar-refractivity contribution in [3.8, 4) is 0 Å². The number of amides is 3. The highest BCUT2D eigenvalue weighted by molar-refractivity contribution is 6.34. The van der Waals surface area contributed by atoms with Gasteiger partial charge in [-0.05, 0) is 18.2 Å². The Hall–Kier alpha value is -2.08. The van der Waals surface area contributed by atoms with E-state index in [1.165, 1.54) is 14.1 Å². The van der Waals surface area contributed by atoms with Crippen LogP contribution >= 0.6 is 11.6 Å². The summed E-state index contributed by atoms with van der Waals surface area (Å²) in [5.74, 6) is -0.830. The maximum atomic E-state index is 11.8. The van der Waals surface area contributed by atoms with Crippen LogP contribution in [0.5, 0.6) is 0 Å². The summed E-state index contributed by atoms with van der Waals surface area (Å²) in [5.41, 5.74) is 0.874. The van der Waals surface area contributed by atoms with Gasteiger partial charge in [-0.25, -0.2) is 0 Å². The molecule has 7 heteroatoms. The van der Waals surface area contributed by atoms with Gasteiger partial charge in [-0.15, -0.1) is 0 Å². The van der Waals surface area contributed by atoms with Crippen LogP contribution in [0.3, 0.4) is 0 Å². The van der Waals surface area contributed by atoms with Crippen LogP contribution in [0, 0.1) is 0 Å². The van der Waals surface area contributed by atoms with Gasteiger partial charge >= 0.3 is 0 Å². The second kappa shape index (κ2) is 5.50. The predicted molar refractivity (Wildman–Crippen MR) is 74.6 cm³/mol. The quantitative estimate of drug-likeness (QED) is 0.811. The zero-order valence-electron chi connectivity index (χ0n) is 11.1. The molecule has 0 radical (unpaired) electrons. The standard InChI is InChI=1S/C13H14ClN3O3/c1-15-12(19)8-5-7(3-4-9(8)14)16-10-6-11(18)17(2)13(10)20/h3-5,10,16H,6H2,1-2H3,(H,15,19). The molecule has 1 heterocycles. The van der Waals surface area contributed by atoms with E-state index in [4.69, 9.17) is 11.6 Å². The van der Waals surface area contributed by atoms with Crippen molar-refractivity contribution in [2.75, 3.05) is 19.4 Å². The summed E-state index contributed by atoms with van der Waals surface area (Å²) in [6.07, 6.45) is 0.104. The van der Waals surface area contributed by atoms with Crippen LogP contribution in [0.2, 0.25) is 5.02 Å². The summed E-state index contributed by atoms with van der Waals surface area (Å²) < 4.78 is 0. The van der Waals surface area contributed by atoms with Gasteiger partial charge < -0.3 is 10.6 Å². The smallest absolute Gasteiger partial charge is 0.252 e. The molecule has 1 fully saturated rings. The van der Waals surface area contributed by atoms with Crippen LogP contribution in [0.4, 0.5) is 5.69 Å². The van der Waals surface area contributed by atoms with Crippen LogP contribution in [-0.2, 0) is 9.59 Å². The van der Waals surface area contributed by atoms with E-state index in [-0.39, 0.29) is 24.1 Å². The van der Waals surface area contributed by atoms with Crippen molar-refractivity contribution in [1.29, 1.82) is 0 Å². The number of likely N-dealkylation sites (tertiary alicyclic amines) is 1. The molecule has 2 N–H and O–H groups in total. The van der Waals surface area contributed by atoms with Crippen molar-refractivity contribution in [2.24, 2.45) is 0 Å². The van der Waals surface area contributed by atoms with E-state index in [0.29, 0.717) is 16.3 Å². The van der Waals surface area contributed by atoms with Crippen LogP contribution in [0.15, 0.2) is 18.2 Å². The van der Waals surface area contributed by atoms with Crippen LogP contribution in [0.25, 0.3) is 0 Å². The maximum Gasteiger partial charge on any atom is 0.252 e. The third-order valence-electron chi connectivity index (χ3n) is 3.16. The molecule has 0 aliphatic carbocycles. The highest BCUT2D eigenvalue weighted by atomic mass is 35.5. The molecule has 106 valence electrons. The SMILES string of the molecule is CNC(=O)c1cc(NC2CC(=O)N(C)C2=O)ccc1Cl. The number of imide groups is 1. The van der Waals surface area contributed by atoms with Gasteiger partial charge in [-0.3, -0.25) is 19.3 Å². The Morgan fingerprint density at radius 3 is 2.65 bits per heavy atom. The number of hydrogen-bond donors (Lipinski definition) is 2. The van der Waals surface area contributed by atoms with Crippen molar-refractivity contribution in [1.82, 2.24) is 10.2 Å². The van der Waals surface area contributed by atoms with Crippen LogP contribution in [-0.4, -0.2) is 42.8 Å². The van der Waals surface area contributed by atoms with Gasteiger partial charge in [0, 0.05) is 19.8 Å². The van der Waals surface area contributed by atoms with E-state index >= 15 is 0 Å². The molecule has 1 unspecified atom stereocenters. The number of anilines is 1. The minimum Gasteiger partial charge on any atom is -0.373 e. The fourth-order valence-corrected chi connectivity index (χ4v) is 2.20. The number of carbonyl (C=O) groups is 3. The Balaban J connectivity index is 2.21. The molecule has 1 aliphatic heterocycles. The number of rotatable bonds is 3. The van der Waals surface area contributed by atoms with E-state index < -0.39 is 6.04 Å². The predicted octanol–water partition coefficient (Wildman–Crippen LogP) is 0.869. The third-order valence-corrected chi connectivity index (χ3v) is 3.49. The second-order valence-electron chi connectivity index (χ2n) is 4.47. The first-order valence-corrected chi connectivity index (χ1v) is 6.40. The molecule has 6 nitrogen and oxygen atoms in total. The Morgan fingerprint density at radius 1 is 1.40 bits per heavy atom. The summed E-state index contributed by atoms with van der Waals surface area (Å²) in [6.45, 7) is 0. The summed E-state index contributed by atoms with van der Waals surface area (Å²) in [5, 5.41) is 5.75. The molecule has 0 aromatic heterocycles. The average molecular weight is 296 g/mol. The monoisotopic (exact) mass is 295 g/mol. The van der Waals surface area contributed by atoms with Gasteiger partial charge in [0.05, 0.1) is 17.0 Å². The topological polar surface area (TPSA) is 78.5 Å². The number of carbonyl (C=O) groups excluding carboxylic acids is 3. The van der Waals surface area contributed by atoms with E-state index in [2.05, 4.69) is 10.6 Å². The lowest BCUT2D eigenvalue weighted by molar-refractivity contribution is -0.136. The lowest BCUT2D eigenvalue weighted by Crippen LogP contribution is -2.31. The normalized spacial score (nSPS) is 18.4. The van der Waals surface area contributed by atoms with Gasteiger partial charge in [-0.2, -0.15) is 0 Å². The first-order chi connectivity index (χ1) is 9.43. The Bertz CT molecular complexity index is 588. The first kappa shape index (κ1) is 14.3. The molecule has 1 saturated heterocycles. The molecule has 1 aromatic rings. The van der Waals surface area contributed by atoms with Crippen molar-refractivity contribution >= 4 is 35.0 Å². The summed E-state index contributed by atoms with van der Waals surface area (Å²) in [6, 6.07) is 4.17. The molecule has 0 spiro atoms. The molecule has 1 aromatic carbocycles. The van der Waals surface area contributed by atoms with Gasteiger partial charge in [-0.1, -0.05) is 11.6 Å². The molecule has 20 heavy (non-hydrogen) atoms. The van der Waals surface area contributed by atoms with E-state index in [1.807, 2.05) is 0 Å². The molecule has 0 saturated carbocycles. The number of nitrogens with zero attached hydrogens (tertiary/aromatic N) is 1. The minimum absolute atomic E-state index is 0.104. The number of likely N-dealkylation sites (N-methyl/N-ethyl adjacent to an activating group) is 1. The van der Waals surface area contributed by atoms with E-state index in [1.54, 1.807) is 18.2 Å².